The Hall–Kier alpha value is -1.13. The molecule has 0 radical (unpaired) electrons. The molecule has 2 aromatic heterocycles. The van der Waals surface area contributed by atoms with Gasteiger partial charge in [0.05, 0.1) is 5.69 Å². The van der Waals surface area contributed by atoms with Crippen LogP contribution in [-0.4, -0.2) is 15.4 Å². The highest BCUT2D eigenvalue weighted by molar-refractivity contribution is 7.15. The molecule has 78 valence electrons. The Morgan fingerprint density at radius 3 is 3.13 bits per heavy atom. The minimum absolute atomic E-state index is 0.615. The highest BCUT2D eigenvalue weighted by atomic mass is 32.1. The third-order valence-corrected chi connectivity index (χ3v) is 3.49. The Morgan fingerprint density at radius 1 is 1.47 bits per heavy atom. The first-order valence-electron chi connectivity index (χ1n) is 5.21. The third kappa shape index (κ3) is 1.82. The molecule has 0 aromatic carbocycles. The predicted molar refractivity (Wildman–Crippen MR) is 62.1 cm³/mol. The molecule has 0 spiro atoms. The van der Waals surface area contributed by atoms with E-state index in [0.717, 1.165) is 30.0 Å². The zero-order chi connectivity index (χ0) is 10.1. The van der Waals surface area contributed by atoms with Crippen LogP contribution >= 0.6 is 11.3 Å². The monoisotopic (exact) mass is 219 g/mol. The van der Waals surface area contributed by atoms with E-state index < -0.39 is 0 Å². The average molecular weight is 219 g/mol. The molecule has 0 amide bonds. The molecule has 1 aliphatic rings. The summed E-state index contributed by atoms with van der Waals surface area (Å²) in [5, 5.41) is 5.57. The van der Waals surface area contributed by atoms with Crippen LogP contribution < -0.4 is 5.32 Å². The van der Waals surface area contributed by atoms with E-state index >= 15 is 0 Å². The van der Waals surface area contributed by atoms with E-state index in [1.807, 2.05) is 6.20 Å². The SMILES string of the molecule is C1=CCC(NCc2cn3ccsc3n2)C1. The van der Waals surface area contributed by atoms with Crippen molar-refractivity contribution in [1.82, 2.24) is 14.7 Å². The maximum absolute atomic E-state index is 4.53. The standard InChI is InChI=1S/C11H13N3S/c1-2-4-9(3-1)12-7-10-8-14-5-6-15-11(14)13-10/h1-2,5-6,8-9,12H,3-4,7H2. The number of hydrogen-bond donors (Lipinski definition) is 1. The van der Waals surface area contributed by atoms with Gasteiger partial charge in [-0.3, -0.25) is 4.40 Å². The highest BCUT2D eigenvalue weighted by Crippen LogP contribution is 2.13. The molecule has 0 unspecified atom stereocenters. The van der Waals surface area contributed by atoms with Crippen molar-refractivity contribution in [2.24, 2.45) is 0 Å². The lowest BCUT2D eigenvalue weighted by Gasteiger charge is -2.09. The van der Waals surface area contributed by atoms with Gasteiger partial charge in [-0.15, -0.1) is 11.3 Å². The van der Waals surface area contributed by atoms with E-state index in [-0.39, 0.29) is 0 Å². The minimum atomic E-state index is 0.615. The van der Waals surface area contributed by atoms with Crippen molar-refractivity contribution in [3.05, 3.63) is 35.6 Å². The fourth-order valence-electron chi connectivity index (χ4n) is 1.89. The number of nitrogens with one attached hydrogen (secondary N) is 1. The molecule has 1 N–H and O–H groups in total. The van der Waals surface area contributed by atoms with Crippen LogP contribution in [0.3, 0.4) is 0 Å². The van der Waals surface area contributed by atoms with Gasteiger partial charge in [0.25, 0.3) is 0 Å². The lowest BCUT2D eigenvalue weighted by atomic mass is 10.2. The molecule has 3 nitrogen and oxygen atoms in total. The van der Waals surface area contributed by atoms with Crippen molar-refractivity contribution in [1.29, 1.82) is 0 Å². The molecular weight excluding hydrogens is 206 g/mol. The van der Waals surface area contributed by atoms with E-state index in [2.05, 4.69) is 38.4 Å². The molecular formula is C11H13N3S. The second-order valence-electron chi connectivity index (χ2n) is 3.85. The van der Waals surface area contributed by atoms with Gasteiger partial charge in [0, 0.05) is 30.4 Å². The lowest BCUT2D eigenvalue weighted by molar-refractivity contribution is 0.534. The fraction of sp³-hybridized carbons (Fsp3) is 0.364. The summed E-state index contributed by atoms with van der Waals surface area (Å²) in [6.07, 6.45) is 10.9. The molecule has 0 saturated heterocycles. The highest BCUT2D eigenvalue weighted by Gasteiger charge is 2.10. The van der Waals surface area contributed by atoms with Crippen LogP contribution in [0, 0.1) is 0 Å². The van der Waals surface area contributed by atoms with Crippen molar-refractivity contribution in [3.8, 4) is 0 Å². The van der Waals surface area contributed by atoms with Crippen LogP contribution in [0.2, 0.25) is 0 Å². The first kappa shape index (κ1) is 9.12. The molecule has 15 heavy (non-hydrogen) atoms. The van der Waals surface area contributed by atoms with Crippen LogP contribution in [-0.2, 0) is 6.54 Å². The fourth-order valence-corrected chi connectivity index (χ4v) is 2.61. The van der Waals surface area contributed by atoms with Crippen molar-refractivity contribution >= 4 is 16.3 Å². The van der Waals surface area contributed by atoms with Gasteiger partial charge in [-0.05, 0) is 12.8 Å². The van der Waals surface area contributed by atoms with Crippen LogP contribution in [0.1, 0.15) is 18.5 Å². The normalized spacial score (nSPS) is 16.8. The van der Waals surface area contributed by atoms with E-state index in [1.165, 1.54) is 0 Å². The van der Waals surface area contributed by atoms with Gasteiger partial charge in [-0.2, -0.15) is 0 Å². The van der Waals surface area contributed by atoms with E-state index in [1.54, 1.807) is 11.3 Å². The number of hydrogen-bond acceptors (Lipinski definition) is 3. The second kappa shape index (κ2) is 3.79. The summed E-state index contributed by atoms with van der Waals surface area (Å²) in [6, 6.07) is 0.615. The summed E-state index contributed by atoms with van der Waals surface area (Å²) >= 11 is 1.68. The van der Waals surface area contributed by atoms with Crippen molar-refractivity contribution in [2.45, 2.75) is 25.4 Å². The molecule has 4 heteroatoms. The van der Waals surface area contributed by atoms with Gasteiger partial charge in [-0.1, -0.05) is 12.2 Å². The first-order valence-corrected chi connectivity index (χ1v) is 6.09. The zero-order valence-electron chi connectivity index (χ0n) is 8.39. The Labute approximate surface area is 92.5 Å². The second-order valence-corrected chi connectivity index (χ2v) is 4.72. The summed E-state index contributed by atoms with van der Waals surface area (Å²) in [5.74, 6) is 0. The van der Waals surface area contributed by atoms with Crippen LogP contribution in [0.5, 0.6) is 0 Å². The molecule has 2 aromatic rings. The Morgan fingerprint density at radius 2 is 2.33 bits per heavy atom. The maximum Gasteiger partial charge on any atom is 0.193 e. The van der Waals surface area contributed by atoms with Crippen LogP contribution in [0.15, 0.2) is 29.9 Å². The molecule has 0 saturated carbocycles. The summed E-state index contributed by atoms with van der Waals surface area (Å²) in [7, 11) is 0. The molecule has 0 atom stereocenters. The quantitative estimate of drug-likeness (QED) is 0.802. The van der Waals surface area contributed by atoms with E-state index in [9.17, 15) is 0 Å². The van der Waals surface area contributed by atoms with Crippen molar-refractivity contribution < 1.29 is 0 Å². The zero-order valence-corrected chi connectivity index (χ0v) is 9.20. The molecule has 1 aliphatic carbocycles. The summed E-state index contributed by atoms with van der Waals surface area (Å²) in [5.41, 5.74) is 1.13. The van der Waals surface area contributed by atoms with Gasteiger partial charge in [0.2, 0.25) is 0 Å². The molecule has 0 fully saturated rings. The van der Waals surface area contributed by atoms with E-state index in [0.29, 0.717) is 6.04 Å². The predicted octanol–water partition coefficient (Wildman–Crippen LogP) is 2.20. The summed E-state index contributed by atoms with van der Waals surface area (Å²) in [6.45, 7) is 0.876. The van der Waals surface area contributed by atoms with Crippen LogP contribution in [0.25, 0.3) is 4.96 Å². The van der Waals surface area contributed by atoms with Crippen molar-refractivity contribution in [3.63, 3.8) is 0 Å². The van der Waals surface area contributed by atoms with Crippen molar-refractivity contribution in [2.75, 3.05) is 0 Å². The minimum Gasteiger partial charge on any atom is -0.308 e. The number of aromatic nitrogens is 2. The topological polar surface area (TPSA) is 29.3 Å². The summed E-state index contributed by atoms with van der Waals surface area (Å²) in [4.78, 5) is 5.61. The van der Waals surface area contributed by atoms with Gasteiger partial charge >= 0.3 is 0 Å². The first-order chi connectivity index (χ1) is 7.42. The smallest absolute Gasteiger partial charge is 0.193 e. The molecule has 3 rings (SSSR count). The number of nitrogens with zero attached hydrogens (tertiary/aromatic N) is 2. The van der Waals surface area contributed by atoms with Gasteiger partial charge < -0.3 is 5.32 Å². The maximum atomic E-state index is 4.53. The Balaban J connectivity index is 1.65. The third-order valence-electron chi connectivity index (χ3n) is 2.72. The Bertz CT molecular complexity index is 446. The molecule has 2 heterocycles. The van der Waals surface area contributed by atoms with Gasteiger partial charge in [0.15, 0.2) is 4.96 Å². The number of thiazole rings is 1. The van der Waals surface area contributed by atoms with Crippen LogP contribution in [0.4, 0.5) is 0 Å². The van der Waals surface area contributed by atoms with Gasteiger partial charge in [0.1, 0.15) is 0 Å². The number of fused-ring (bicyclic) bond motifs is 1. The number of rotatable bonds is 3. The largest absolute Gasteiger partial charge is 0.308 e. The summed E-state index contributed by atoms with van der Waals surface area (Å²) < 4.78 is 2.08. The average Bonchev–Trinajstić information content (AvgIpc) is 2.91. The van der Waals surface area contributed by atoms with E-state index in [4.69, 9.17) is 0 Å². The number of imidazole rings is 1. The van der Waals surface area contributed by atoms with Gasteiger partial charge in [-0.25, -0.2) is 4.98 Å². The molecule has 0 aliphatic heterocycles. The lowest BCUT2D eigenvalue weighted by Crippen LogP contribution is -2.25. The molecule has 0 bridgehead atoms. The Kier molecular flexibility index (Phi) is 2.31.